The minimum absolute atomic E-state index is 0.0872. The molecule has 17 nitrogen and oxygen atoms in total. The summed E-state index contributed by atoms with van der Waals surface area (Å²) in [5.41, 5.74) is 80.3. The number of hydrogen-bond donors (Lipinski definition) is 12. The Hall–Kier alpha value is -14.5. The quantitative estimate of drug-likeness (QED) is 0.0424. The zero-order valence-corrected chi connectivity index (χ0v) is 61.0. The summed E-state index contributed by atoms with van der Waals surface area (Å²) in [6, 6.07) is 99.1. The Morgan fingerprint density at radius 1 is 0.236 bits per heavy atom. The summed E-state index contributed by atoms with van der Waals surface area (Å²) in [5, 5.41) is 0. The lowest BCUT2D eigenvalue weighted by Crippen LogP contribution is -2.18. The summed E-state index contributed by atoms with van der Waals surface area (Å²) in [6.07, 6.45) is -3.53. The first kappa shape index (κ1) is 79.6. The van der Waals surface area contributed by atoms with Gasteiger partial charge in [-0.3, -0.25) is 0 Å². The number of nitrogen functional groups attached to an aromatic ring is 12. The second-order valence-electron chi connectivity index (χ2n) is 25.8. The Morgan fingerprint density at radius 2 is 0.455 bits per heavy atom. The van der Waals surface area contributed by atoms with Crippen LogP contribution in [0.25, 0.3) is 11.1 Å². The lowest BCUT2D eigenvalue weighted by Gasteiger charge is -2.26. The van der Waals surface area contributed by atoms with Crippen LogP contribution in [0.5, 0.6) is 57.5 Å². The van der Waals surface area contributed by atoms with Crippen LogP contribution < -0.4 is 92.5 Å². The second-order valence-corrected chi connectivity index (χ2v) is 25.8. The van der Waals surface area contributed by atoms with Gasteiger partial charge in [0.2, 0.25) is 0 Å². The van der Waals surface area contributed by atoms with E-state index in [4.69, 9.17) is 92.5 Å². The Labute approximate surface area is 639 Å². The van der Waals surface area contributed by atoms with E-state index >= 15 is 0 Å². The van der Waals surface area contributed by atoms with Gasteiger partial charge in [0.15, 0.2) is 0 Å². The van der Waals surface area contributed by atoms with Crippen molar-refractivity contribution in [3.8, 4) is 68.6 Å². The molecule has 110 heavy (non-hydrogen) atoms. The highest BCUT2D eigenvalue weighted by atomic mass is 19.4. The molecule has 0 spiro atoms. The lowest BCUT2D eigenvalue weighted by molar-refractivity contribution is -0.137. The zero-order valence-electron chi connectivity index (χ0n) is 61.0. The van der Waals surface area contributed by atoms with Crippen LogP contribution in [0.4, 0.5) is 81.4 Å². The molecular weight excluding hydrogens is 1390 g/mol. The third kappa shape index (κ3) is 25.4. The van der Waals surface area contributed by atoms with Gasteiger partial charge in [-0.1, -0.05) is 80.6 Å². The topological polar surface area (TPSA) is 358 Å². The Bertz CT molecular complexity index is 4810. The number of nitrogens with two attached hydrogens (primary N) is 12. The molecule has 0 aromatic heterocycles. The molecule has 0 aliphatic rings. The van der Waals surface area contributed by atoms with Crippen molar-refractivity contribution in [2.75, 3.05) is 68.8 Å². The van der Waals surface area contributed by atoms with Gasteiger partial charge >= 0.3 is 6.18 Å². The van der Waals surface area contributed by atoms with Crippen molar-refractivity contribution in [1.29, 1.82) is 0 Å². The summed E-state index contributed by atoms with van der Waals surface area (Å²) < 4.78 is 68.1. The average molecular weight is 1480 g/mol. The van der Waals surface area contributed by atoms with Crippen LogP contribution in [0.1, 0.15) is 47.2 Å². The van der Waals surface area contributed by atoms with Gasteiger partial charge in [0.1, 0.15) is 57.5 Å². The fraction of sp³-hybridized carbons (Fsp3) is 0.0667. The molecule has 0 amide bonds. The highest BCUT2D eigenvalue weighted by Crippen LogP contribution is 2.41. The lowest BCUT2D eigenvalue weighted by atomic mass is 9.78. The molecule has 0 bridgehead atoms. The van der Waals surface area contributed by atoms with Crippen LogP contribution >= 0.6 is 0 Å². The van der Waals surface area contributed by atoms with Gasteiger partial charge < -0.3 is 92.5 Å². The van der Waals surface area contributed by atoms with E-state index in [9.17, 15) is 13.2 Å². The normalized spacial score (nSPS) is 10.6. The summed E-state index contributed by atoms with van der Waals surface area (Å²) in [4.78, 5) is 0. The van der Waals surface area contributed by atoms with Crippen LogP contribution in [-0.2, 0) is 18.0 Å². The molecule has 24 N–H and O–H groups in total. The molecule has 0 saturated carbocycles. The van der Waals surface area contributed by atoms with Gasteiger partial charge in [-0.05, 0) is 307 Å². The number of rotatable bonds is 15. The molecule has 0 aliphatic carbocycles. The minimum atomic E-state index is -4.45. The first-order chi connectivity index (χ1) is 52.6. The van der Waals surface area contributed by atoms with E-state index in [1.165, 1.54) is 34.4 Å². The van der Waals surface area contributed by atoms with E-state index in [1.54, 1.807) is 97.9 Å². The Balaban J connectivity index is 0.000000158. The number of ether oxygens (including phenoxy) is 5. The third-order valence-electron chi connectivity index (χ3n) is 16.6. The molecular formula is C90H89F3N12O5. The number of anilines is 12. The van der Waals surface area contributed by atoms with Gasteiger partial charge in [-0.25, -0.2) is 0 Å². The summed E-state index contributed by atoms with van der Waals surface area (Å²) in [5.74, 6) is 7.44. The van der Waals surface area contributed by atoms with E-state index in [2.05, 4.69) is 38.1 Å². The van der Waals surface area contributed by atoms with Crippen molar-refractivity contribution in [3.63, 3.8) is 0 Å². The van der Waals surface area contributed by atoms with E-state index in [-0.39, 0.29) is 16.7 Å². The van der Waals surface area contributed by atoms with E-state index in [0.29, 0.717) is 51.1 Å². The molecule has 560 valence electrons. The van der Waals surface area contributed by atoms with Gasteiger partial charge in [0, 0.05) is 79.7 Å². The van der Waals surface area contributed by atoms with Crippen LogP contribution in [0.15, 0.2) is 328 Å². The summed E-state index contributed by atoms with van der Waals surface area (Å²) in [6.45, 7) is 6.14. The monoisotopic (exact) mass is 1470 g/mol. The first-order valence-corrected chi connectivity index (χ1v) is 34.6. The third-order valence-corrected chi connectivity index (χ3v) is 16.6. The maximum absolute atomic E-state index is 13.0. The zero-order chi connectivity index (χ0) is 78.7. The number of aryl methyl sites for hydroxylation is 1. The fourth-order valence-corrected chi connectivity index (χ4v) is 10.6. The summed E-state index contributed by atoms with van der Waals surface area (Å²) >= 11 is 0. The molecule has 14 aromatic rings. The molecule has 0 heterocycles. The van der Waals surface area contributed by atoms with Crippen molar-refractivity contribution in [1.82, 2.24) is 0 Å². The standard InChI is InChI=1S/C27H26N2O2.C18H16N2O2.C14H13F3N2.C13H14N2.C12H12N2O.C6H8N2/c1-27(2,19-3-11-23(12-4-19)30-25-15-7-21(28)8-16-25)20-5-13-24(14-6-20)31-26-17-9-22(29)10-18-26;19-13-4-8-15(9-5-13)21-17-2-1-3-18(12-17)22-16-10-6-14(20)7-11-16;1-8-6-9(18)2-4-11(8)12-5-3-10(19)7-13(12)14(15,16)17;14-12-5-1-10(2-6-12)9-11-3-7-13(15)8-4-11;13-9-1-5-11(6-2-9)15-12-7-3-10(14)4-8-12;7-5-1-2-6(8)4-3-5/h3-18H,28-29H2,1-2H3;1-12H,19-20H2;2-7H,18-19H2,1H3;1-8H,9,14-15H2;1-8H,13-14H2;1-4H,7-8H2. The SMILES string of the molecule is CC(C)(c1ccc(Oc2ccc(N)cc2)cc1)c1ccc(Oc2ccc(N)cc2)cc1.Cc1cc(N)ccc1-c1ccc(N)cc1C(F)(F)F.Nc1ccc(Cc2ccc(N)cc2)cc1.Nc1ccc(N)cc1.Nc1ccc(Oc2ccc(N)cc2)cc1.Nc1ccc(Oc2cccc(Oc3ccc(N)cc3)c2)cc1. The van der Waals surface area contributed by atoms with E-state index in [1.807, 2.05) is 194 Å². The smallest absolute Gasteiger partial charge is 0.417 e. The van der Waals surface area contributed by atoms with Crippen LogP contribution in [-0.4, -0.2) is 0 Å². The number of hydrogen-bond acceptors (Lipinski definition) is 17. The van der Waals surface area contributed by atoms with Crippen molar-refractivity contribution >= 4 is 68.2 Å². The van der Waals surface area contributed by atoms with Gasteiger partial charge in [0.05, 0.1) is 5.56 Å². The van der Waals surface area contributed by atoms with Crippen molar-refractivity contribution in [2.45, 2.75) is 38.8 Å². The van der Waals surface area contributed by atoms with Crippen LogP contribution in [0.3, 0.4) is 0 Å². The van der Waals surface area contributed by atoms with Gasteiger partial charge in [-0.15, -0.1) is 0 Å². The molecule has 20 heteroatoms. The average Bonchev–Trinajstić information content (AvgIpc) is 0.792. The number of benzene rings is 14. The second kappa shape index (κ2) is 38.0. The highest BCUT2D eigenvalue weighted by molar-refractivity contribution is 5.75. The molecule has 0 saturated heterocycles. The maximum Gasteiger partial charge on any atom is 0.417 e. The van der Waals surface area contributed by atoms with Crippen LogP contribution in [0, 0.1) is 6.92 Å². The molecule has 0 aliphatic heterocycles. The molecule has 14 aromatic carbocycles. The molecule has 0 unspecified atom stereocenters. The molecule has 0 radical (unpaired) electrons. The molecule has 14 rings (SSSR count). The predicted octanol–water partition coefficient (Wildman–Crippen LogP) is 21.0. The van der Waals surface area contributed by atoms with Gasteiger partial charge in [0.25, 0.3) is 0 Å². The van der Waals surface area contributed by atoms with E-state index < -0.39 is 11.7 Å². The minimum Gasteiger partial charge on any atom is -0.457 e. The highest BCUT2D eigenvalue weighted by Gasteiger charge is 2.34. The first-order valence-electron chi connectivity index (χ1n) is 34.6. The largest absolute Gasteiger partial charge is 0.457 e. The van der Waals surface area contributed by atoms with Crippen molar-refractivity contribution in [3.05, 3.63) is 361 Å². The van der Waals surface area contributed by atoms with Crippen LogP contribution in [0.2, 0.25) is 0 Å². The molecule has 0 fully saturated rings. The number of halogens is 3. The fourth-order valence-electron chi connectivity index (χ4n) is 10.6. The van der Waals surface area contributed by atoms with E-state index in [0.717, 1.165) is 92.6 Å². The number of alkyl halides is 3. The van der Waals surface area contributed by atoms with Gasteiger partial charge in [-0.2, -0.15) is 13.2 Å². The predicted molar refractivity (Wildman–Crippen MR) is 447 cm³/mol. The summed E-state index contributed by atoms with van der Waals surface area (Å²) in [7, 11) is 0. The maximum atomic E-state index is 13.0. The Kier molecular flexibility index (Phi) is 27.5. The Morgan fingerprint density at radius 3 is 0.718 bits per heavy atom. The van der Waals surface area contributed by atoms with Crippen molar-refractivity contribution < 1.29 is 36.9 Å². The van der Waals surface area contributed by atoms with Crippen molar-refractivity contribution in [2.24, 2.45) is 0 Å². The molecule has 0 atom stereocenters.